The van der Waals surface area contributed by atoms with Crippen LogP contribution in [-0.4, -0.2) is 17.1 Å². The number of carbonyl (C=O) groups is 1. The Labute approximate surface area is 121 Å². The van der Waals surface area contributed by atoms with Gasteiger partial charge >= 0.3 is 0 Å². The summed E-state index contributed by atoms with van der Waals surface area (Å²) in [6.45, 7) is 2.04. The van der Waals surface area contributed by atoms with Crippen molar-refractivity contribution in [3.05, 3.63) is 58.8 Å². The third kappa shape index (κ3) is 3.92. The number of benzene rings is 1. The van der Waals surface area contributed by atoms with Crippen molar-refractivity contribution >= 4 is 11.6 Å². The average Bonchev–Trinajstić information content (AvgIpc) is 2.45. The molecule has 1 heterocycles. The number of anilines is 1. The van der Waals surface area contributed by atoms with E-state index in [9.17, 15) is 14.0 Å². The number of pyridine rings is 1. The van der Waals surface area contributed by atoms with Gasteiger partial charge in [-0.25, -0.2) is 4.39 Å². The predicted molar refractivity (Wildman–Crippen MR) is 76.9 cm³/mol. The fraction of sp³-hybridized carbons (Fsp3) is 0.200. The molecule has 0 saturated carbocycles. The highest BCUT2D eigenvalue weighted by atomic mass is 19.1. The number of rotatable bonds is 5. The molecule has 1 N–H and O–H groups in total. The van der Waals surface area contributed by atoms with Crippen LogP contribution >= 0.6 is 0 Å². The summed E-state index contributed by atoms with van der Waals surface area (Å²) < 4.78 is 19.5. The maximum atomic E-state index is 13.1. The fourth-order valence-corrected chi connectivity index (χ4v) is 1.82. The lowest BCUT2D eigenvalue weighted by molar-refractivity contribution is -0.116. The van der Waals surface area contributed by atoms with E-state index in [0.29, 0.717) is 18.0 Å². The molecule has 0 unspecified atom stereocenters. The second kappa shape index (κ2) is 6.69. The van der Waals surface area contributed by atoms with Gasteiger partial charge in [-0.2, -0.15) is 0 Å². The van der Waals surface area contributed by atoms with Crippen LogP contribution in [0.1, 0.15) is 6.92 Å². The van der Waals surface area contributed by atoms with Gasteiger partial charge in [-0.15, -0.1) is 0 Å². The van der Waals surface area contributed by atoms with E-state index < -0.39 is 17.3 Å². The summed E-state index contributed by atoms with van der Waals surface area (Å²) in [5, 5.41) is 2.64. The number of halogens is 1. The first kappa shape index (κ1) is 14.8. The lowest BCUT2D eigenvalue weighted by Gasteiger charge is -2.11. The summed E-state index contributed by atoms with van der Waals surface area (Å²) in [6.07, 6.45) is 0.996. The van der Waals surface area contributed by atoms with Crippen molar-refractivity contribution in [1.29, 1.82) is 0 Å². The minimum Gasteiger partial charge on any atom is -0.492 e. The standard InChI is InChI=1S/C15H15FN2O3/c1-2-21-13-6-4-3-5-12(13)17-14(19)10-18-9-11(16)7-8-15(18)20/h3-9H,2,10H2,1H3,(H,17,19). The molecule has 0 spiro atoms. The van der Waals surface area contributed by atoms with Crippen LogP contribution in [0, 0.1) is 5.82 Å². The molecule has 0 radical (unpaired) electrons. The van der Waals surface area contributed by atoms with E-state index in [0.717, 1.165) is 22.9 Å². The molecule has 2 rings (SSSR count). The average molecular weight is 290 g/mol. The molecule has 0 saturated heterocycles. The molecule has 0 aliphatic rings. The molecule has 0 atom stereocenters. The predicted octanol–water partition coefficient (Wildman–Crippen LogP) is 2.02. The minimum atomic E-state index is -0.572. The lowest BCUT2D eigenvalue weighted by atomic mass is 10.3. The zero-order valence-electron chi connectivity index (χ0n) is 11.5. The quantitative estimate of drug-likeness (QED) is 0.916. The summed E-state index contributed by atoms with van der Waals surface area (Å²) >= 11 is 0. The molecule has 21 heavy (non-hydrogen) atoms. The molecule has 1 aromatic heterocycles. The summed E-state index contributed by atoms with van der Waals surface area (Å²) in [5.74, 6) is -0.466. The first-order valence-electron chi connectivity index (χ1n) is 6.48. The molecule has 0 aliphatic heterocycles. The van der Waals surface area contributed by atoms with Crippen molar-refractivity contribution in [3.8, 4) is 5.75 Å². The zero-order chi connectivity index (χ0) is 15.2. The normalized spacial score (nSPS) is 10.2. The SMILES string of the molecule is CCOc1ccccc1NC(=O)Cn1cc(F)ccc1=O. The molecule has 1 amide bonds. The van der Waals surface area contributed by atoms with Gasteiger partial charge in [0.25, 0.3) is 5.56 Å². The van der Waals surface area contributed by atoms with Crippen LogP contribution in [0.15, 0.2) is 47.4 Å². The Morgan fingerprint density at radius 3 is 2.81 bits per heavy atom. The molecule has 1 aromatic carbocycles. The van der Waals surface area contributed by atoms with E-state index >= 15 is 0 Å². The van der Waals surface area contributed by atoms with E-state index in [1.165, 1.54) is 0 Å². The van der Waals surface area contributed by atoms with Crippen molar-refractivity contribution in [3.63, 3.8) is 0 Å². The van der Waals surface area contributed by atoms with Crippen molar-refractivity contribution in [2.24, 2.45) is 0 Å². The second-order valence-electron chi connectivity index (χ2n) is 4.29. The monoisotopic (exact) mass is 290 g/mol. The molecule has 0 aliphatic carbocycles. The van der Waals surface area contributed by atoms with Gasteiger partial charge in [0.1, 0.15) is 18.1 Å². The third-order valence-electron chi connectivity index (χ3n) is 2.72. The summed E-state index contributed by atoms with van der Waals surface area (Å²) in [7, 11) is 0. The number of aromatic nitrogens is 1. The van der Waals surface area contributed by atoms with Gasteiger partial charge in [-0.05, 0) is 25.1 Å². The molecule has 5 nitrogen and oxygen atoms in total. The number of ether oxygens (including phenoxy) is 1. The van der Waals surface area contributed by atoms with E-state index in [-0.39, 0.29) is 6.54 Å². The topological polar surface area (TPSA) is 60.3 Å². The van der Waals surface area contributed by atoms with E-state index in [1.54, 1.807) is 24.3 Å². The van der Waals surface area contributed by atoms with Gasteiger partial charge < -0.3 is 14.6 Å². The van der Waals surface area contributed by atoms with E-state index in [4.69, 9.17) is 4.74 Å². The van der Waals surface area contributed by atoms with Crippen LogP contribution in [0.25, 0.3) is 0 Å². The van der Waals surface area contributed by atoms with Gasteiger partial charge in [0.15, 0.2) is 0 Å². The number of para-hydroxylation sites is 2. The van der Waals surface area contributed by atoms with Crippen molar-refractivity contribution in [2.45, 2.75) is 13.5 Å². The molecule has 6 heteroatoms. The zero-order valence-corrected chi connectivity index (χ0v) is 11.5. The molecular formula is C15H15FN2O3. The van der Waals surface area contributed by atoms with Gasteiger partial charge in [0, 0.05) is 12.3 Å². The van der Waals surface area contributed by atoms with Crippen LogP contribution in [0.4, 0.5) is 10.1 Å². The van der Waals surface area contributed by atoms with Crippen molar-refractivity contribution in [1.82, 2.24) is 4.57 Å². The van der Waals surface area contributed by atoms with Gasteiger partial charge in [0.05, 0.1) is 12.3 Å². The van der Waals surface area contributed by atoms with Crippen molar-refractivity contribution < 1.29 is 13.9 Å². The number of hydrogen-bond acceptors (Lipinski definition) is 3. The van der Waals surface area contributed by atoms with Crippen molar-refractivity contribution in [2.75, 3.05) is 11.9 Å². The highest BCUT2D eigenvalue weighted by molar-refractivity contribution is 5.92. The number of amides is 1. The third-order valence-corrected chi connectivity index (χ3v) is 2.72. The Balaban J connectivity index is 2.12. The maximum Gasteiger partial charge on any atom is 0.251 e. The lowest BCUT2D eigenvalue weighted by Crippen LogP contribution is -2.27. The smallest absolute Gasteiger partial charge is 0.251 e. The second-order valence-corrected chi connectivity index (χ2v) is 4.29. The molecule has 2 aromatic rings. The maximum absolute atomic E-state index is 13.1. The van der Waals surface area contributed by atoms with Crippen LogP contribution in [0.5, 0.6) is 5.75 Å². The van der Waals surface area contributed by atoms with Gasteiger partial charge in [-0.1, -0.05) is 12.1 Å². The van der Waals surface area contributed by atoms with Crippen LogP contribution in [0.3, 0.4) is 0 Å². The fourth-order valence-electron chi connectivity index (χ4n) is 1.82. The Morgan fingerprint density at radius 2 is 2.05 bits per heavy atom. The van der Waals surface area contributed by atoms with E-state index in [2.05, 4.69) is 5.32 Å². The highest BCUT2D eigenvalue weighted by Gasteiger charge is 2.09. The van der Waals surface area contributed by atoms with Gasteiger partial charge in [0.2, 0.25) is 5.91 Å². The van der Waals surface area contributed by atoms with Crippen LogP contribution < -0.4 is 15.6 Å². The largest absolute Gasteiger partial charge is 0.492 e. The summed E-state index contributed by atoms with van der Waals surface area (Å²) in [4.78, 5) is 23.5. The number of carbonyl (C=O) groups excluding carboxylic acids is 1. The van der Waals surface area contributed by atoms with Crippen LogP contribution in [0.2, 0.25) is 0 Å². The Morgan fingerprint density at radius 1 is 1.29 bits per heavy atom. The van der Waals surface area contributed by atoms with Gasteiger partial charge in [-0.3, -0.25) is 9.59 Å². The Hall–Kier alpha value is -2.63. The molecule has 110 valence electrons. The first-order chi connectivity index (χ1) is 10.1. The molecular weight excluding hydrogens is 275 g/mol. The molecule has 0 bridgehead atoms. The number of nitrogens with one attached hydrogen (secondary N) is 1. The molecule has 0 fully saturated rings. The Bertz CT molecular complexity index is 697. The number of nitrogens with zero attached hydrogens (tertiary/aromatic N) is 1. The van der Waals surface area contributed by atoms with Crippen LogP contribution in [-0.2, 0) is 11.3 Å². The summed E-state index contributed by atoms with van der Waals surface area (Å²) in [5.41, 5.74) is 0.0680. The first-order valence-corrected chi connectivity index (χ1v) is 6.48. The highest BCUT2D eigenvalue weighted by Crippen LogP contribution is 2.23. The minimum absolute atomic E-state index is 0.267. The number of hydrogen-bond donors (Lipinski definition) is 1. The Kier molecular flexibility index (Phi) is 4.71. The van der Waals surface area contributed by atoms with E-state index in [1.807, 2.05) is 6.92 Å². The summed E-state index contributed by atoms with van der Waals surface area (Å²) in [6, 6.07) is 9.10.